The lowest BCUT2D eigenvalue weighted by molar-refractivity contribution is 0.901. The minimum absolute atomic E-state index is 0.317. The van der Waals surface area contributed by atoms with E-state index in [2.05, 4.69) is 33.9 Å². The molecule has 0 aromatic carbocycles. The van der Waals surface area contributed by atoms with Gasteiger partial charge in [-0.25, -0.2) is 4.98 Å². The largest absolute Gasteiger partial charge is 0.244 e. The maximum Gasteiger partial charge on any atom is 0.133 e. The molecule has 1 nitrogen and oxygen atoms in total. The Bertz CT molecular complexity index is 275. The Morgan fingerprint density at radius 3 is 2.92 bits per heavy atom. The van der Waals surface area contributed by atoms with Gasteiger partial charge in [0.05, 0.1) is 0 Å². The molecular weight excluding hydrogens is 237 g/mol. The van der Waals surface area contributed by atoms with Crippen molar-refractivity contribution >= 4 is 27.5 Å². The van der Waals surface area contributed by atoms with Crippen LogP contribution in [0.1, 0.15) is 29.3 Å². The summed E-state index contributed by atoms with van der Waals surface area (Å²) < 4.78 is 0. The maximum absolute atomic E-state index is 5.93. The normalized spacial score (nSPS) is 13.0. The fraction of sp³-hybridized carbons (Fsp3) is 0.444. The van der Waals surface area contributed by atoms with Gasteiger partial charge in [-0.3, -0.25) is 0 Å². The fourth-order valence-electron chi connectivity index (χ4n) is 1.01. The molecule has 0 N–H and O–H groups in total. The average molecular weight is 249 g/mol. The van der Waals surface area contributed by atoms with Gasteiger partial charge in [0.25, 0.3) is 0 Å². The molecule has 1 atom stereocenters. The van der Waals surface area contributed by atoms with E-state index in [4.69, 9.17) is 11.6 Å². The van der Waals surface area contributed by atoms with Gasteiger partial charge in [-0.1, -0.05) is 40.5 Å². The zero-order valence-electron chi connectivity index (χ0n) is 7.14. The Morgan fingerprint density at radius 2 is 2.33 bits per heavy atom. The van der Waals surface area contributed by atoms with Crippen LogP contribution in [0.25, 0.3) is 0 Å². The number of halogens is 2. The lowest BCUT2D eigenvalue weighted by atomic mass is 10.1. The number of aromatic nitrogens is 1. The van der Waals surface area contributed by atoms with Crippen molar-refractivity contribution in [3.05, 3.63) is 28.5 Å². The summed E-state index contributed by atoms with van der Waals surface area (Å²) >= 11 is 9.47. The lowest BCUT2D eigenvalue weighted by Gasteiger charge is -2.08. The van der Waals surface area contributed by atoms with Crippen LogP contribution in [0.15, 0.2) is 12.3 Å². The molecule has 1 unspecified atom stereocenters. The molecule has 0 aliphatic rings. The van der Waals surface area contributed by atoms with Crippen LogP contribution in [-0.4, -0.2) is 4.98 Å². The molecule has 0 spiro atoms. The number of alkyl halides is 1. The van der Waals surface area contributed by atoms with Crippen LogP contribution >= 0.6 is 27.5 Å². The van der Waals surface area contributed by atoms with Gasteiger partial charge in [0.1, 0.15) is 5.15 Å². The molecule has 0 bridgehead atoms. The number of aryl methyl sites for hydroxylation is 1. The van der Waals surface area contributed by atoms with E-state index in [9.17, 15) is 0 Å². The minimum Gasteiger partial charge on any atom is -0.244 e. The van der Waals surface area contributed by atoms with E-state index in [0.29, 0.717) is 9.98 Å². The van der Waals surface area contributed by atoms with Gasteiger partial charge in [-0.15, -0.1) is 0 Å². The van der Waals surface area contributed by atoms with E-state index in [1.54, 1.807) is 6.20 Å². The van der Waals surface area contributed by atoms with E-state index in [1.807, 2.05) is 6.92 Å². The molecule has 0 saturated heterocycles. The molecule has 1 aromatic rings. The quantitative estimate of drug-likeness (QED) is 0.571. The van der Waals surface area contributed by atoms with Crippen LogP contribution < -0.4 is 0 Å². The summed E-state index contributed by atoms with van der Waals surface area (Å²) in [5.41, 5.74) is 2.23. The number of hydrogen-bond acceptors (Lipinski definition) is 1. The van der Waals surface area contributed by atoms with Crippen molar-refractivity contribution in [2.45, 2.75) is 25.1 Å². The highest BCUT2D eigenvalue weighted by Gasteiger charge is 2.09. The summed E-state index contributed by atoms with van der Waals surface area (Å²) in [6, 6.07) is 2.07. The molecule has 12 heavy (non-hydrogen) atoms. The predicted octanol–water partition coefficient (Wildman–Crippen LogP) is 3.89. The van der Waals surface area contributed by atoms with E-state index in [0.717, 1.165) is 17.5 Å². The molecular formula is C9H11BrClN. The first-order valence-electron chi connectivity index (χ1n) is 3.91. The van der Waals surface area contributed by atoms with Crippen LogP contribution in [0.4, 0.5) is 0 Å². The van der Waals surface area contributed by atoms with Crippen LogP contribution in [-0.2, 0) is 0 Å². The zero-order chi connectivity index (χ0) is 9.14. The van der Waals surface area contributed by atoms with Crippen molar-refractivity contribution in [2.75, 3.05) is 0 Å². The maximum atomic E-state index is 5.93. The van der Waals surface area contributed by atoms with Crippen molar-refractivity contribution in [1.82, 2.24) is 4.98 Å². The Labute approximate surface area is 86.3 Å². The third-order valence-corrected chi connectivity index (χ3v) is 3.16. The monoisotopic (exact) mass is 247 g/mol. The third-order valence-electron chi connectivity index (χ3n) is 1.70. The Morgan fingerprint density at radius 1 is 1.67 bits per heavy atom. The van der Waals surface area contributed by atoms with E-state index in [1.165, 1.54) is 0 Å². The second-order valence-corrected chi connectivity index (χ2v) is 4.23. The molecule has 66 valence electrons. The number of pyridine rings is 1. The van der Waals surface area contributed by atoms with Crippen LogP contribution in [0, 0.1) is 6.92 Å². The molecule has 0 aliphatic heterocycles. The van der Waals surface area contributed by atoms with E-state index in [-0.39, 0.29) is 0 Å². The molecule has 0 radical (unpaired) electrons. The van der Waals surface area contributed by atoms with Crippen molar-refractivity contribution in [1.29, 1.82) is 0 Å². The highest BCUT2D eigenvalue weighted by molar-refractivity contribution is 9.09. The zero-order valence-corrected chi connectivity index (χ0v) is 9.48. The molecule has 0 saturated carbocycles. The summed E-state index contributed by atoms with van der Waals surface area (Å²) in [6.07, 6.45) is 2.80. The average Bonchev–Trinajstić information content (AvgIpc) is 2.08. The summed E-state index contributed by atoms with van der Waals surface area (Å²) in [5.74, 6) is 0. The highest BCUT2D eigenvalue weighted by Crippen LogP contribution is 2.30. The standard InChI is InChI=1S/C9H11BrClN/c1-3-8(10)7-4-6(2)5-12-9(7)11/h4-5,8H,3H2,1-2H3. The first-order valence-corrected chi connectivity index (χ1v) is 5.20. The number of hydrogen-bond donors (Lipinski definition) is 0. The first kappa shape index (κ1) is 10.0. The van der Waals surface area contributed by atoms with Crippen molar-refractivity contribution in [3.8, 4) is 0 Å². The number of nitrogens with zero attached hydrogens (tertiary/aromatic N) is 1. The molecule has 1 rings (SSSR count). The summed E-state index contributed by atoms with van der Waals surface area (Å²) in [5, 5.41) is 0.601. The topological polar surface area (TPSA) is 12.9 Å². The van der Waals surface area contributed by atoms with Gasteiger partial charge >= 0.3 is 0 Å². The van der Waals surface area contributed by atoms with Crippen LogP contribution in [0.5, 0.6) is 0 Å². The van der Waals surface area contributed by atoms with Gasteiger partial charge < -0.3 is 0 Å². The van der Waals surface area contributed by atoms with Crippen LogP contribution in [0.2, 0.25) is 5.15 Å². The second-order valence-electron chi connectivity index (χ2n) is 2.77. The molecule has 1 aromatic heterocycles. The molecule has 0 aliphatic carbocycles. The Kier molecular flexibility index (Phi) is 3.53. The summed E-state index contributed by atoms with van der Waals surface area (Å²) in [6.45, 7) is 4.13. The molecule has 1 heterocycles. The molecule has 0 fully saturated rings. The van der Waals surface area contributed by atoms with Gasteiger partial charge in [0.15, 0.2) is 0 Å². The van der Waals surface area contributed by atoms with Crippen molar-refractivity contribution in [3.63, 3.8) is 0 Å². The van der Waals surface area contributed by atoms with Gasteiger partial charge in [0, 0.05) is 16.6 Å². The van der Waals surface area contributed by atoms with Crippen molar-refractivity contribution in [2.24, 2.45) is 0 Å². The lowest BCUT2D eigenvalue weighted by Crippen LogP contribution is -1.92. The van der Waals surface area contributed by atoms with Crippen LogP contribution in [0.3, 0.4) is 0 Å². The number of rotatable bonds is 2. The SMILES string of the molecule is CCC(Br)c1cc(C)cnc1Cl. The smallest absolute Gasteiger partial charge is 0.133 e. The first-order chi connectivity index (χ1) is 5.65. The van der Waals surface area contributed by atoms with Gasteiger partial charge in [-0.05, 0) is 18.9 Å². The van der Waals surface area contributed by atoms with Crippen molar-refractivity contribution < 1.29 is 0 Å². The molecule has 3 heteroatoms. The summed E-state index contributed by atoms with van der Waals surface area (Å²) in [7, 11) is 0. The predicted molar refractivity (Wildman–Crippen MR) is 55.9 cm³/mol. The highest BCUT2D eigenvalue weighted by atomic mass is 79.9. The second kappa shape index (κ2) is 4.24. The third kappa shape index (κ3) is 2.20. The van der Waals surface area contributed by atoms with E-state index >= 15 is 0 Å². The fourth-order valence-corrected chi connectivity index (χ4v) is 1.73. The van der Waals surface area contributed by atoms with E-state index < -0.39 is 0 Å². The minimum atomic E-state index is 0.317. The summed E-state index contributed by atoms with van der Waals surface area (Å²) in [4.78, 5) is 4.40. The van der Waals surface area contributed by atoms with Gasteiger partial charge in [0.2, 0.25) is 0 Å². The molecule has 0 amide bonds. The Balaban J connectivity index is 3.04. The Hall–Kier alpha value is -0.0800. The van der Waals surface area contributed by atoms with Gasteiger partial charge in [-0.2, -0.15) is 0 Å².